The van der Waals surface area contributed by atoms with Gasteiger partial charge in [0.25, 0.3) is 0 Å². The van der Waals surface area contributed by atoms with Crippen molar-refractivity contribution in [3.05, 3.63) is 12.2 Å². The second-order valence-corrected chi connectivity index (χ2v) is 5.61. The lowest BCUT2D eigenvalue weighted by Crippen LogP contribution is -2.37. The number of hydrogen-bond donors (Lipinski definition) is 1. The van der Waals surface area contributed by atoms with Gasteiger partial charge in [0.15, 0.2) is 0 Å². The van der Waals surface area contributed by atoms with Crippen molar-refractivity contribution in [3.63, 3.8) is 0 Å². The van der Waals surface area contributed by atoms with E-state index in [4.69, 9.17) is 0 Å². The summed E-state index contributed by atoms with van der Waals surface area (Å²) < 4.78 is 2.02. The highest BCUT2D eigenvalue weighted by molar-refractivity contribution is 4.87. The molecular weight excluding hydrogens is 212 g/mol. The van der Waals surface area contributed by atoms with Crippen molar-refractivity contribution >= 4 is 0 Å². The van der Waals surface area contributed by atoms with E-state index in [0.29, 0.717) is 12.0 Å². The summed E-state index contributed by atoms with van der Waals surface area (Å²) in [7, 11) is 0. The van der Waals surface area contributed by atoms with E-state index in [1.165, 1.54) is 19.3 Å². The molecule has 1 atom stereocenters. The molecule has 1 aliphatic carbocycles. The maximum Gasteiger partial charge on any atom is 0.140 e. The van der Waals surface area contributed by atoms with Gasteiger partial charge in [0.05, 0.1) is 6.54 Å². The van der Waals surface area contributed by atoms with Gasteiger partial charge in [0.1, 0.15) is 12.2 Å². The minimum atomic E-state index is 0.605. The number of hydrogen-bond acceptors (Lipinski definition) is 3. The third-order valence-electron chi connectivity index (χ3n) is 3.67. The summed E-state index contributed by atoms with van der Waals surface area (Å²) in [5.74, 6) is 2.54. The average molecular weight is 236 g/mol. The van der Waals surface area contributed by atoms with E-state index >= 15 is 0 Å². The Kier molecular flexibility index (Phi) is 4.15. The van der Waals surface area contributed by atoms with Crippen LogP contribution in [-0.2, 0) is 13.1 Å². The molecule has 17 heavy (non-hydrogen) atoms. The highest BCUT2D eigenvalue weighted by atomic mass is 15.3. The second-order valence-electron chi connectivity index (χ2n) is 5.61. The minimum Gasteiger partial charge on any atom is -0.307 e. The topological polar surface area (TPSA) is 42.7 Å². The predicted octanol–water partition coefficient (Wildman–Crippen LogP) is 2.21. The molecule has 1 aromatic heterocycles. The fraction of sp³-hybridized carbons (Fsp3) is 0.846. The summed E-state index contributed by atoms with van der Waals surface area (Å²) >= 11 is 0. The first-order valence-corrected chi connectivity index (χ1v) is 6.77. The maximum absolute atomic E-state index is 4.33. The normalized spacial score (nSPS) is 18.4. The Morgan fingerprint density at radius 2 is 2.18 bits per heavy atom. The molecule has 4 heteroatoms. The maximum atomic E-state index is 4.33. The molecule has 1 saturated carbocycles. The summed E-state index contributed by atoms with van der Waals surface area (Å²) in [6.07, 6.45) is 5.83. The molecule has 1 N–H and O–H groups in total. The molecule has 0 aliphatic heterocycles. The zero-order valence-electron chi connectivity index (χ0n) is 11.2. The summed E-state index contributed by atoms with van der Waals surface area (Å²) in [6.45, 7) is 8.48. The van der Waals surface area contributed by atoms with Crippen molar-refractivity contribution in [2.45, 2.75) is 59.2 Å². The average Bonchev–Trinajstić information content (AvgIpc) is 2.58. The Bertz CT molecular complexity index is 341. The molecule has 0 amide bonds. The molecule has 2 rings (SSSR count). The monoisotopic (exact) mass is 236 g/mol. The van der Waals surface area contributed by atoms with Crippen LogP contribution in [0.1, 0.15) is 45.9 Å². The van der Waals surface area contributed by atoms with Crippen LogP contribution < -0.4 is 5.32 Å². The predicted molar refractivity (Wildman–Crippen MR) is 68.5 cm³/mol. The van der Waals surface area contributed by atoms with Crippen LogP contribution >= 0.6 is 0 Å². The van der Waals surface area contributed by atoms with Crippen LogP contribution in [0, 0.1) is 11.8 Å². The SMILES string of the molecule is CC(C)Cn1ncnc1CNC(C)C1CCC1. The van der Waals surface area contributed by atoms with Gasteiger partial charge >= 0.3 is 0 Å². The van der Waals surface area contributed by atoms with Gasteiger partial charge in [-0.2, -0.15) is 5.10 Å². The number of nitrogens with one attached hydrogen (secondary N) is 1. The smallest absolute Gasteiger partial charge is 0.140 e. The van der Waals surface area contributed by atoms with Crippen LogP contribution in [0.15, 0.2) is 6.33 Å². The van der Waals surface area contributed by atoms with Gasteiger partial charge in [0, 0.05) is 12.6 Å². The second kappa shape index (κ2) is 5.63. The van der Waals surface area contributed by atoms with Gasteiger partial charge < -0.3 is 5.32 Å². The Balaban J connectivity index is 1.83. The fourth-order valence-electron chi connectivity index (χ4n) is 2.28. The molecule has 0 spiro atoms. The molecule has 96 valence electrons. The first-order chi connectivity index (χ1) is 8.16. The van der Waals surface area contributed by atoms with Crippen molar-refractivity contribution in [3.8, 4) is 0 Å². The number of aromatic nitrogens is 3. The molecule has 0 radical (unpaired) electrons. The Labute approximate surface area is 104 Å². The zero-order chi connectivity index (χ0) is 12.3. The van der Waals surface area contributed by atoms with Gasteiger partial charge in [-0.1, -0.05) is 20.3 Å². The first-order valence-electron chi connectivity index (χ1n) is 6.77. The van der Waals surface area contributed by atoms with E-state index < -0.39 is 0 Å². The van der Waals surface area contributed by atoms with Gasteiger partial charge in [-0.05, 0) is 31.6 Å². The van der Waals surface area contributed by atoms with Gasteiger partial charge in [0.2, 0.25) is 0 Å². The number of rotatable bonds is 6. The summed E-state index contributed by atoms with van der Waals surface area (Å²) in [4.78, 5) is 4.33. The van der Waals surface area contributed by atoms with Gasteiger partial charge in [-0.25, -0.2) is 9.67 Å². The lowest BCUT2D eigenvalue weighted by molar-refractivity contribution is 0.238. The molecule has 0 saturated heterocycles. The van der Waals surface area contributed by atoms with Crippen molar-refractivity contribution in [1.82, 2.24) is 20.1 Å². The molecule has 1 heterocycles. The van der Waals surface area contributed by atoms with E-state index in [1.807, 2.05) is 4.68 Å². The highest BCUT2D eigenvalue weighted by Gasteiger charge is 2.23. The van der Waals surface area contributed by atoms with Crippen molar-refractivity contribution < 1.29 is 0 Å². The van der Waals surface area contributed by atoms with Crippen LogP contribution in [0.25, 0.3) is 0 Å². The largest absolute Gasteiger partial charge is 0.307 e. The lowest BCUT2D eigenvalue weighted by Gasteiger charge is -2.32. The third kappa shape index (κ3) is 3.28. The number of nitrogens with zero attached hydrogens (tertiary/aromatic N) is 3. The van der Waals surface area contributed by atoms with E-state index in [1.54, 1.807) is 6.33 Å². The molecule has 1 aromatic rings. The van der Waals surface area contributed by atoms with Crippen LogP contribution in [0.5, 0.6) is 0 Å². The molecule has 1 aliphatic rings. The quantitative estimate of drug-likeness (QED) is 0.823. The summed E-state index contributed by atoms with van der Waals surface area (Å²) in [6, 6.07) is 0.605. The molecule has 0 bridgehead atoms. The standard InChI is InChI=1S/C13H24N4/c1-10(2)8-17-13(15-9-16-17)7-14-11(3)12-5-4-6-12/h9-12,14H,4-8H2,1-3H3. The van der Waals surface area contributed by atoms with E-state index in [9.17, 15) is 0 Å². The first kappa shape index (κ1) is 12.6. The highest BCUT2D eigenvalue weighted by Crippen LogP contribution is 2.29. The van der Waals surface area contributed by atoms with Gasteiger partial charge in [-0.15, -0.1) is 0 Å². The van der Waals surface area contributed by atoms with Gasteiger partial charge in [-0.3, -0.25) is 0 Å². The molecular formula is C13H24N4. The van der Waals surface area contributed by atoms with Crippen molar-refractivity contribution in [1.29, 1.82) is 0 Å². The summed E-state index contributed by atoms with van der Waals surface area (Å²) in [5.41, 5.74) is 0. The molecule has 0 aromatic carbocycles. The van der Waals surface area contributed by atoms with E-state index in [-0.39, 0.29) is 0 Å². The Morgan fingerprint density at radius 1 is 1.41 bits per heavy atom. The zero-order valence-corrected chi connectivity index (χ0v) is 11.2. The third-order valence-corrected chi connectivity index (χ3v) is 3.67. The lowest BCUT2D eigenvalue weighted by atomic mass is 9.80. The summed E-state index contributed by atoms with van der Waals surface area (Å²) in [5, 5.41) is 7.86. The molecule has 1 fully saturated rings. The Morgan fingerprint density at radius 3 is 2.76 bits per heavy atom. The molecule has 1 unspecified atom stereocenters. The minimum absolute atomic E-state index is 0.605. The van der Waals surface area contributed by atoms with Crippen LogP contribution in [-0.4, -0.2) is 20.8 Å². The van der Waals surface area contributed by atoms with Crippen LogP contribution in [0.2, 0.25) is 0 Å². The molecule has 4 nitrogen and oxygen atoms in total. The van der Waals surface area contributed by atoms with Crippen molar-refractivity contribution in [2.75, 3.05) is 0 Å². The van der Waals surface area contributed by atoms with Crippen LogP contribution in [0.3, 0.4) is 0 Å². The fourth-order valence-corrected chi connectivity index (χ4v) is 2.28. The van der Waals surface area contributed by atoms with E-state index in [2.05, 4.69) is 36.2 Å². The Hall–Kier alpha value is -0.900. The van der Waals surface area contributed by atoms with Crippen LogP contribution in [0.4, 0.5) is 0 Å². The van der Waals surface area contributed by atoms with E-state index in [0.717, 1.165) is 24.8 Å². The van der Waals surface area contributed by atoms with Crippen molar-refractivity contribution in [2.24, 2.45) is 11.8 Å².